The molecule has 0 unspecified atom stereocenters. The monoisotopic (exact) mass is 383 g/mol. The van der Waals surface area contributed by atoms with E-state index in [0.717, 1.165) is 29.9 Å². The van der Waals surface area contributed by atoms with Crippen LogP contribution in [0.2, 0.25) is 0 Å². The second-order valence-electron chi connectivity index (χ2n) is 7.90. The molecule has 2 aromatic heterocycles. The fourth-order valence-electron chi connectivity index (χ4n) is 4.45. The van der Waals surface area contributed by atoms with E-state index in [1.165, 1.54) is 18.2 Å². The van der Waals surface area contributed by atoms with Gasteiger partial charge in [-0.05, 0) is 48.4 Å². The summed E-state index contributed by atoms with van der Waals surface area (Å²) >= 11 is 0. The Bertz CT molecular complexity index is 1010. The summed E-state index contributed by atoms with van der Waals surface area (Å²) in [4.78, 5) is 4.53. The zero-order chi connectivity index (χ0) is 20.1. The summed E-state index contributed by atoms with van der Waals surface area (Å²) in [6, 6.07) is 5.61. The van der Waals surface area contributed by atoms with E-state index < -0.39 is 17.0 Å². The lowest BCUT2D eigenvalue weighted by Crippen LogP contribution is -2.41. The van der Waals surface area contributed by atoms with Gasteiger partial charge in [0.05, 0.1) is 22.4 Å². The minimum absolute atomic E-state index is 0.135. The predicted molar refractivity (Wildman–Crippen MR) is 102 cm³/mol. The molecule has 28 heavy (non-hydrogen) atoms. The first kappa shape index (κ1) is 18.7. The minimum atomic E-state index is -0.638. The van der Waals surface area contributed by atoms with E-state index in [2.05, 4.69) is 41.1 Å². The van der Waals surface area contributed by atoms with Gasteiger partial charge in [-0.1, -0.05) is 26.8 Å². The SMILES string of the molecule is CC(C)[C@]1(c2ncnn2C)CC[C@H](C)c2cc(-c3c(F)cccc3F)nnc21. The van der Waals surface area contributed by atoms with Gasteiger partial charge in [0.25, 0.3) is 0 Å². The van der Waals surface area contributed by atoms with Crippen LogP contribution < -0.4 is 0 Å². The van der Waals surface area contributed by atoms with Gasteiger partial charge < -0.3 is 0 Å². The number of hydrogen-bond donors (Lipinski definition) is 0. The Hall–Kier alpha value is -2.70. The van der Waals surface area contributed by atoms with E-state index in [1.807, 2.05) is 7.05 Å². The molecule has 0 amide bonds. The van der Waals surface area contributed by atoms with Crippen LogP contribution in [0.4, 0.5) is 8.78 Å². The second kappa shape index (κ2) is 6.72. The van der Waals surface area contributed by atoms with Crippen molar-refractivity contribution in [2.24, 2.45) is 13.0 Å². The van der Waals surface area contributed by atoms with Gasteiger partial charge in [0.2, 0.25) is 0 Å². The van der Waals surface area contributed by atoms with Crippen LogP contribution in [0, 0.1) is 17.6 Å². The first-order valence-electron chi connectivity index (χ1n) is 9.53. The van der Waals surface area contributed by atoms with Crippen molar-refractivity contribution >= 4 is 0 Å². The summed E-state index contributed by atoms with van der Waals surface area (Å²) in [5, 5.41) is 13.0. The van der Waals surface area contributed by atoms with Crippen LogP contribution in [0.1, 0.15) is 56.6 Å². The maximum atomic E-state index is 14.3. The van der Waals surface area contributed by atoms with Gasteiger partial charge in [0.1, 0.15) is 23.8 Å². The van der Waals surface area contributed by atoms with Gasteiger partial charge in [0, 0.05) is 7.05 Å². The Morgan fingerprint density at radius 3 is 2.50 bits per heavy atom. The van der Waals surface area contributed by atoms with E-state index in [-0.39, 0.29) is 23.1 Å². The summed E-state index contributed by atoms with van der Waals surface area (Å²) in [7, 11) is 1.88. The van der Waals surface area contributed by atoms with E-state index in [1.54, 1.807) is 17.1 Å². The Kier molecular flexibility index (Phi) is 4.48. The molecule has 0 saturated carbocycles. The third kappa shape index (κ3) is 2.64. The Morgan fingerprint density at radius 2 is 1.89 bits per heavy atom. The predicted octanol–water partition coefficient (Wildman–Crippen LogP) is 4.39. The average molecular weight is 383 g/mol. The molecule has 0 spiro atoms. The van der Waals surface area contributed by atoms with Crippen LogP contribution in [-0.2, 0) is 12.5 Å². The van der Waals surface area contributed by atoms with Gasteiger partial charge in [0.15, 0.2) is 0 Å². The molecular weight excluding hydrogens is 360 g/mol. The number of aromatic nitrogens is 5. The van der Waals surface area contributed by atoms with Crippen molar-refractivity contribution < 1.29 is 8.78 Å². The Labute approximate surface area is 162 Å². The number of fused-ring (bicyclic) bond motifs is 1. The van der Waals surface area contributed by atoms with Gasteiger partial charge in [-0.3, -0.25) is 4.68 Å². The van der Waals surface area contributed by atoms with Gasteiger partial charge >= 0.3 is 0 Å². The molecule has 1 aliphatic carbocycles. The quantitative estimate of drug-likeness (QED) is 0.673. The summed E-state index contributed by atoms with van der Waals surface area (Å²) in [6.45, 7) is 6.39. The average Bonchev–Trinajstić information content (AvgIpc) is 3.08. The number of rotatable bonds is 3. The van der Waals surface area contributed by atoms with Gasteiger partial charge in [-0.15, -0.1) is 5.10 Å². The number of aryl methyl sites for hydroxylation is 1. The summed E-state index contributed by atoms with van der Waals surface area (Å²) in [5.41, 5.74) is 1.45. The molecule has 4 rings (SSSR count). The molecule has 0 saturated heterocycles. The van der Waals surface area contributed by atoms with E-state index in [0.29, 0.717) is 0 Å². The number of benzene rings is 1. The summed E-state index contributed by atoms with van der Waals surface area (Å²) < 4.78 is 30.4. The van der Waals surface area contributed by atoms with Crippen molar-refractivity contribution in [2.75, 3.05) is 0 Å². The van der Waals surface area contributed by atoms with E-state index >= 15 is 0 Å². The zero-order valence-electron chi connectivity index (χ0n) is 16.4. The first-order chi connectivity index (χ1) is 13.4. The highest BCUT2D eigenvalue weighted by atomic mass is 19.1. The maximum Gasteiger partial charge on any atom is 0.139 e. The minimum Gasteiger partial charge on any atom is -0.252 e. The molecule has 0 aliphatic heterocycles. The van der Waals surface area contributed by atoms with Gasteiger partial charge in [-0.25, -0.2) is 13.8 Å². The molecule has 0 radical (unpaired) electrons. The third-order valence-electron chi connectivity index (χ3n) is 6.06. The third-order valence-corrected chi connectivity index (χ3v) is 6.06. The van der Waals surface area contributed by atoms with Crippen LogP contribution in [0.15, 0.2) is 30.6 Å². The van der Waals surface area contributed by atoms with Crippen molar-refractivity contribution in [2.45, 2.75) is 44.9 Å². The van der Waals surface area contributed by atoms with Crippen LogP contribution in [-0.4, -0.2) is 25.0 Å². The Morgan fingerprint density at radius 1 is 1.18 bits per heavy atom. The molecule has 2 heterocycles. The molecule has 0 N–H and O–H groups in total. The lowest BCUT2D eigenvalue weighted by atomic mass is 9.63. The Balaban J connectivity index is 1.95. The van der Waals surface area contributed by atoms with Crippen molar-refractivity contribution in [1.29, 1.82) is 0 Å². The first-order valence-corrected chi connectivity index (χ1v) is 9.53. The molecule has 5 nitrogen and oxygen atoms in total. The van der Waals surface area contributed by atoms with Crippen LogP contribution >= 0.6 is 0 Å². The van der Waals surface area contributed by atoms with Gasteiger partial charge in [-0.2, -0.15) is 10.2 Å². The fourth-order valence-corrected chi connectivity index (χ4v) is 4.45. The molecular formula is C21H23F2N5. The van der Waals surface area contributed by atoms with E-state index in [4.69, 9.17) is 0 Å². The number of hydrogen-bond acceptors (Lipinski definition) is 4. The molecule has 0 fully saturated rings. The van der Waals surface area contributed by atoms with Crippen LogP contribution in [0.25, 0.3) is 11.3 Å². The molecule has 3 aromatic rings. The standard InChI is InChI=1S/C21H23F2N5/c1-12(2)21(20-24-11-25-28(20)4)9-8-13(3)14-10-17(26-27-19(14)21)18-15(22)6-5-7-16(18)23/h5-7,10-13H,8-9H2,1-4H3/t13-,21+/m0/s1. The largest absolute Gasteiger partial charge is 0.252 e. The highest BCUT2D eigenvalue weighted by molar-refractivity contribution is 5.62. The highest BCUT2D eigenvalue weighted by Crippen LogP contribution is 2.49. The highest BCUT2D eigenvalue weighted by Gasteiger charge is 2.47. The normalized spacial score (nSPS) is 21.8. The van der Waals surface area contributed by atoms with Crippen molar-refractivity contribution in [1.82, 2.24) is 25.0 Å². The molecule has 1 aromatic carbocycles. The molecule has 2 atom stereocenters. The number of halogens is 2. The zero-order valence-corrected chi connectivity index (χ0v) is 16.4. The molecule has 1 aliphatic rings. The molecule has 146 valence electrons. The van der Waals surface area contributed by atoms with Crippen molar-refractivity contribution in [3.63, 3.8) is 0 Å². The molecule has 7 heteroatoms. The van der Waals surface area contributed by atoms with Crippen LogP contribution in [0.3, 0.4) is 0 Å². The smallest absolute Gasteiger partial charge is 0.139 e. The summed E-state index contributed by atoms with van der Waals surface area (Å²) in [6.07, 6.45) is 3.34. The lowest BCUT2D eigenvalue weighted by molar-refractivity contribution is 0.270. The van der Waals surface area contributed by atoms with Crippen LogP contribution in [0.5, 0.6) is 0 Å². The molecule has 0 bridgehead atoms. The lowest BCUT2D eigenvalue weighted by Gasteiger charge is -2.42. The summed E-state index contributed by atoms with van der Waals surface area (Å²) in [5.74, 6) is -0.0248. The van der Waals surface area contributed by atoms with Crippen molar-refractivity contribution in [3.8, 4) is 11.3 Å². The topological polar surface area (TPSA) is 56.5 Å². The fraction of sp³-hybridized carbons (Fsp3) is 0.429. The number of nitrogens with zero attached hydrogens (tertiary/aromatic N) is 5. The maximum absolute atomic E-state index is 14.3. The van der Waals surface area contributed by atoms with E-state index in [9.17, 15) is 8.78 Å². The van der Waals surface area contributed by atoms with Crippen molar-refractivity contribution in [3.05, 3.63) is 59.3 Å². The second-order valence-corrected chi connectivity index (χ2v) is 7.90.